The Hall–Kier alpha value is -0.410. The van der Waals surface area contributed by atoms with Crippen molar-refractivity contribution in [2.75, 3.05) is 0 Å². The van der Waals surface area contributed by atoms with Crippen LogP contribution < -0.4 is 5.32 Å². The molecule has 0 radical (unpaired) electrons. The van der Waals surface area contributed by atoms with E-state index in [-0.39, 0.29) is 0 Å². The molecule has 2 bridgehead atoms. The number of hydrogen-bond acceptors (Lipinski definition) is 2. The average Bonchev–Trinajstić information content (AvgIpc) is 2.79. The van der Waals surface area contributed by atoms with Gasteiger partial charge < -0.3 is 5.32 Å². The van der Waals surface area contributed by atoms with Crippen LogP contribution in [0.1, 0.15) is 30.7 Å². The summed E-state index contributed by atoms with van der Waals surface area (Å²) in [5.41, 5.74) is 1.38. The molecular weight excluding hydrogens is 240 g/mol. The summed E-state index contributed by atoms with van der Waals surface area (Å²) in [4.78, 5) is 4.30. The minimum atomic E-state index is 0.678. The second kappa shape index (κ2) is 3.31. The molecule has 14 heavy (non-hydrogen) atoms. The van der Waals surface area contributed by atoms with Crippen LogP contribution in [0.25, 0.3) is 0 Å². The van der Waals surface area contributed by atoms with Crippen LogP contribution in [-0.2, 0) is 0 Å². The molecule has 2 saturated heterocycles. The molecule has 3 heteroatoms. The quantitative estimate of drug-likeness (QED) is 0.777. The van der Waals surface area contributed by atoms with Crippen molar-refractivity contribution in [3.63, 3.8) is 0 Å². The van der Waals surface area contributed by atoms with Crippen molar-refractivity contribution in [1.29, 1.82) is 0 Å². The summed E-state index contributed by atoms with van der Waals surface area (Å²) in [7, 11) is 0. The summed E-state index contributed by atoms with van der Waals surface area (Å²) in [6.45, 7) is 0. The van der Waals surface area contributed by atoms with Gasteiger partial charge in [-0.1, -0.05) is 6.07 Å². The maximum atomic E-state index is 4.30. The van der Waals surface area contributed by atoms with Gasteiger partial charge in [-0.25, -0.2) is 4.98 Å². The molecule has 3 unspecified atom stereocenters. The smallest absolute Gasteiger partial charge is 0.109 e. The van der Waals surface area contributed by atoms with Crippen LogP contribution in [0.4, 0.5) is 0 Å². The Morgan fingerprint density at radius 3 is 3.00 bits per heavy atom. The number of fused-ring (bicyclic) bond motifs is 2. The lowest BCUT2D eigenvalue weighted by atomic mass is 9.85. The standard InChI is InChI=1S/C11H13BrN2/c12-11-8(2-1-5-13-11)9-6-7-3-4-10(9)14-7/h1-2,5,7,9-10,14H,3-4,6H2. The SMILES string of the molecule is Brc1ncccc1C1CC2CCC1N2. The molecule has 0 saturated carbocycles. The fraction of sp³-hybridized carbons (Fsp3) is 0.545. The predicted molar refractivity (Wildman–Crippen MR) is 59.2 cm³/mol. The molecule has 74 valence electrons. The highest BCUT2D eigenvalue weighted by molar-refractivity contribution is 9.10. The van der Waals surface area contributed by atoms with Gasteiger partial charge in [0.2, 0.25) is 0 Å². The van der Waals surface area contributed by atoms with E-state index >= 15 is 0 Å². The van der Waals surface area contributed by atoms with Crippen LogP contribution in [0.2, 0.25) is 0 Å². The minimum Gasteiger partial charge on any atom is -0.311 e. The number of aromatic nitrogens is 1. The van der Waals surface area contributed by atoms with Crippen LogP contribution in [-0.4, -0.2) is 17.1 Å². The van der Waals surface area contributed by atoms with Crippen molar-refractivity contribution in [3.05, 3.63) is 28.5 Å². The van der Waals surface area contributed by atoms with Gasteiger partial charge in [-0.15, -0.1) is 0 Å². The van der Waals surface area contributed by atoms with Crippen molar-refractivity contribution < 1.29 is 0 Å². The first kappa shape index (κ1) is 8.86. The molecule has 3 atom stereocenters. The van der Waals surface area contributed by atoms with Gasteiger partial charge in [0.15, 0.2) is 0 Å². The molecule has 2 fully saturated rings. The van der Waals surface area contributed by atoms with Gasteiger partial charge in [-0.05, 0) is 46.8 Å². The van der Waals surface area contributed by atoms with Gasteiger partial charge in [0.25, 0.3) is 0 Å². The molecule has 2 aliphatic heterocycles. The van der Waals surface area contributed by atoms with Gasteiger partial charge >= 0.3 is 0 Å². The molecule has 0 aliphatic carbocycles. The van der Waals surface area contributed by atoms with Crippen molar-refractivity contribution in [1.82, 2.24) is 10.3 Å². The first-order valence-corrected chi connectivity index (χ1v) is 6.00. The van der Waals surface area contributed by atoms with E-state index in [1.54, 1.807) is 0 Å². The van der Waals surface area contributed by atoms with Crippen molar-refractivity contribution in [2.45, 2.75) is 37.3 Å². The zero-order valence-corrected chi connectivity index (χ0v) is 9.50. The number of pyridine rings is 1. The summed E-state index contributed by atoms with van der Waals surface area (Å²) >= 11 is 3.54. The maximum absolute atomic E-state index is 4.30. The Labute approximate surface area is 92.2 Å². The third kappa shape index (κ3) is 1.30. The molecule has 1 aromatic rings. The van der Waals surface area contributed by atoms with Crippen molar-refractivity contribution >= 4 is 15.9 Å². The molecular formula is C11H13BrN2. The Balaban J connectivity index is 1.93. The summed E-state index contributed by atoms with van der Waals surface area (Å²) in [6.07, 6.45) is 5.82. The summed E-state index contributed by atoms with van der Waals surface area (Å²) < 4.78 is 1.03. The van der Waals surface area contributed by atoms with Crippen LogP contribution in [0.3, 0.4) is 0 Å². The zero-order valence-electron chi connectivity index (χ0n) is 7.91. The maximum Gasteiger partial charge on any atom is 0.109 e. The predicted octanol–water partition coefficient (Wildman–Crippen LogP) is 2.45. The lowest BCUT2D eigenvalue weighted by Crippen LogP contribution is -2.21. The van der Waals surface area contributed by atoms with E-state index in [2.05, 4.69) is 32.3 Å². The van der Waals surface area contributed by atoms with Crippen LogP contribution in [0, 0.1) is 0 Å². The van der Waals surface area contributed by atoms with Gasteiger partial charge in [0.1, 0.15) is 4.60 Å². The summed E-state index contributed by atoms with van der Waals surface area (Å²) in [5.74, 6) is 0.678. The van der Waals surface area contributed by atoms with Gasteiger partial charge in [0, 0.05) is 24.2 Å². The molecule has 3 rings (SSSR count). The van der Waals surface area contributed by atoms with E-state index in [0.29, 0.717) is 12.0 Å². The highest BCUT2D eigenvalue weighted by Crippen LogP contribution is 2.41. The summed E-state index contributed by atoms with van der Waals surface area (Å²) in [5, 5.41) is 3.65. The van der Waals surface area contributed by atoms with E-state index in [4.69, 9.17) is 0 Å². The Morgan fingerprint density at radius 1 is 1.43 bits per heavy atom. The van der Waals surface area contributed by atoms with Crippen LogP contribution >= 0.6 is 15.9 Å². The van der Waals surface area contributed by atoms with Crippen LogP contribution in [0.5, 0.6) is 0 Å². The third-order valence-electron chi connectivity index (χ3n) is 3.49. The van der Waals surface area contributed by atoms with Crippen molar-refractivity contribution in [2.24, 2.45) is 0 Å². The van der Waals surface area contributed by atoms with Crippen molar-refractivity contribution in [3.8, 4) is 0 Å². The minimum absolute atomic E-state index is 0.678. The van der Waals surface area contributed by atoms with E-state index < -0.39 is 0 Å². The molecule has 3 heterocycles. The normalized spacial score (nSPS) is 35.1. The first-order chi connectivity index (χ1) is 6.84. The van der Waals surface area contributed by atoms with Gasteiger partial charge in [-0.3, -0.25) is 0 Å². The van der Waals surface area contributed by atoms with E-state index in [1.165, 1.54) is 24.8 Å². The molecule has 1 N–H and O–H groups in total. The molecule has 2 aliphatic rings. The van der Waals surface area contributed by atoms with E-state index in [1.807, 2.05) is 12.3 Å². The number of halogens is 1. The fourth-order valence-corrected chi connectivity index (χ4v) is 3.39. The Kier molecular flexibility index (Phi) is 2.10. The highest BCUT2D eigenvalue weighted by atomic mass is 79.9. The molecule has 0 spiro atoms. The number of hydrogen-bond donors (Lipinski definition) is 1. The van der Waals surface area contributed by atoms with Crippen LogP contribution in [0.15, 0.2) is 22.9 Å². The Bertz CT molecular complexity index is 353. The average molecular weight is 253 g/mol. The second-order valence-electron chi connectivity index (χ2n) is 4.27. The van der Waals surface area contributed by atoms with Gasteiger partial charge in [-0.2, -0.15) is 0 Å². The number of rotatable bonds is 1. The molecule has 0 aromatic carbocycles. The zero-order chi connectivity index (χ0) is 9.54. The molecule has 0 amide bonds. The lowest BCUT2D eigenvalue weighted by molar-refractivity contribution is 0.504. The van der Waals surface area contributed by atoms with Gasteiger partial charge in [0.05, 0.1) is 0 Å². The topological polar surface area (TPSA) is 24.9 Å². The first-order valence-electron chi connectivity index (χ1n) is 5.21. The lowest BCUT2D eigenvalue weighted by Gasteiger charge is -2.20. The third-order valence-corrected chi connectivity index (χ3v) is 4.15. The highest BCUT2D eigenvalue weighted by Gasteiger charge is 2.40. The largest absolute Gasteiger partial charge is 0.311 e. The fourth-order valence-electron chi connectivity index (χ4n) is 2.84. The summed E-state index contributed by atoms with van der Waals surface area (Å²) in [6, 6.07) is 5.69. The number of nitrogens with one attached hydrogen (secondary N) is 1. The number of nitrogens with zero attached hydrogens (tertiary/aromatic N) is 1. The Morgan fingerprint density at radius 2 is 2.36 bits per heavy atom. The van der Waals surface area contributed by atoms with E-state index in [0.717, 1.165) is 10.6 Å². The monoisotopic (exact) mass is 252 g/mol. The molecule has 2 nitrogen and oxygen atoms in total. The van der Waals surface area contributed by atoms with E-state index in [9.17, 15) is 0 Å². The second-order valence-corrected chi connectivity index (χ2v) is 5.02. The molecule has 1 aromatic heterocycles.